The summed E-state index contributed by atoms with van der Waals surface area (Å²) in [6, 6.07) is 5.81. The van der Waals surface area contributed by atoms with Crippen molar-refractivity contribution in [1.29, 1.82) is 0 Å². The number of amides is 1. The zero-order valence-corrected chi connectivity index (χ0v) is 11.4. The third kappa shape index (κ3) is 2.36. The molecule has 92 valence electrons. The Hall–Kier alpha value is -0.910. The van der Waals surface area contributed by atoms with E-state index in [-0.39, 0.29) is 5.91 Å². The van der Waals surface area contributed by atoms with E-state index in [4.69, 9.17) is 9.57 Å². The molecule has 0 N–H and O–H groups in total. The van der Waals surface area contributed by atoms with Crippen LogP contribution in [0.25, 0.3) is 0 Å². The van der Waals surface area contributed by atoms with Gasteiger partial charge in [0, 0.05) is 11.5 Å². The molecular weight excluding hydrogens is 286 g/mol. The van der Waals surface area contributed by atoms with Crippen LogP contribution in [0.15, 0.2) is 22.7 Å². The van der Waals surface area contributed by atoms with E-state index in [9.17, 15) is 4.79 Å². The van der Waals surface area contributed by atoms with Crippen LogP contribution >= 0.6 is 15.9 Å². The van der Waals surface area contributed by atoms with Gasteiger partial charge in [-0.25, -0.2) is 5.06 Å². The summed E-state index contributed by atoms with van der Waals surface area (Å²) >= 11 is 3.50. The molecule has 0 aliphatic carbocycles. The molecule has 0 saturated heterocycles. The third-order valence-corrected chi connectivity index (χ3v) is 3.63. The van der Waals surface area contributed by atoms with Crippen LogP contribution in [0.4, 0.5) is 0 Å². The number of likely N-dealkylation sites (N-methyl/N-ethyl adjacent to an activating group) is 1. The number of nitrogens with zero attached hydrogens (tertiary/aromatic N) is 1. The highest BCUT2D eigenvalue weighted by Gasteiger charge is 2.30. The Bertz CT molecular complexity index is 436. The molecule has 0 unspecified atom stereocenters. The topological polar surface area (TPSA) is 38.8 Å². The smallest absolute Gasteiger partial charge is 0.279 e. The Morgan fingerprint density at radius 1 is 1.59 bits per heavy atom. The van der Waals surface area contributed by atoms with Crippen molar-refractivity contribution in [3.8, 4) is 0 Å². The summed E-state index contributed by atoms with van der Waals surface area (Å²) in [4.78, 5) is 17.0. The lowest BCUT2D eigenvalue weighted by Crippen LogP contribution is -2.34. The number of fused-ring (bicyclic) bond motifs is 1. The number of hydrogen-bond acceptors (Lipinski definition) is 3. The summed E-state index contributed by atoms with van der Waals surface area (Å²) in [6.45, 7) is 0.545. The summed E-state index contributed by atoms with van der Waals surface area (Å²) in [5, 5.41) is 1.20. The lowest BCUT2D eigenvalue weighted by atomic mass is 9.97. The van der Waals surface area contributed by atoms with E-state index < -0.39 is 6.10 Å². The minimum atomic E-state index is -0.568. The second kappa shape index (κ2) is 5.16. The van der Waals surface area contributed by atoms with Gasteiger partial charge in [-0.3, -0.25) is 9.63 Å². The highest BCUT2D eigenvalue weighted by Crippen LogP contribution is 2.32. The first-order chi connectivity index (χ1) is 8.15. The monoisotopic (exact) mass is 299 g/mol. The molecule has 0 fully saturated rings. The van der Waals surface area contributed by atoms with Gasteiger partial charge in [0.15, 0.2) is 6.10 Å². The standard InChI is InChI=1S/C12H14BrNO3/c1-14(16-2)12(15)11-9-4-3-5-10(13)8(9)6-7-17-11/h3-5,11H,6-7H2,1-2H3/t11-/m0/s1. The Balaban J connectivity index is 2.35. The third-order valence-electron chi connectivity index (χ3n) is 2.88. The van der Waals surface area contributed by atoms with E-state index in [0.29, 0.717) is 6.61 Å². The highest BCUT2D eigenvalue weighted by atomic mass is 79.9. The van der Waals surface area contributed by atoms with Crippen LogP contribution in [-0.2, 0) is 20.8 Å². The second-order valence-corrected chi connectivity index (χ2v) is 4.68. The second-order valence-electron chi connectivity index (χ2n) is 3.83. The quantitative estimate of drug-likeness (QED) is 0.785. The fourth-order valence-corrected chi connectivity index (χ4v) is 2.49. The number of rotatable bonds is 2. The molecule has 4 nitrogen and oxygen atoms in total. The average Bonchev–Trinajstić information content (AvgIpc) is 2.37. The highest BCUT2D eigenvalue weighted by molar-refractivity contribution is 9.10. The van der Waals surface area contributed by atoms with E-state index in [1.165, 1.54) is 12.2 Å². The molecule has 17 heavy (non-hydrogen) atoms. The van der Waals surface area contributed by atoms with Crippen LogP contribution in [0.3, 0.4) is 0 Å². The van der Waals surface area contributed by atoms with Crippen molar-refractivity contribution >= 4 is 21.8 Å². The molecule has 5 heteroatoms. The van der Waals surface area contributed by atoms with E-state index in [1.807, 2.05) is 18.2 Å². The molecule has 0 spiro atoms. The Morgan fingerprint density at radius 2 is 2.35 bits per heavy atom. The van der Waals surface area contributed by atoms with Gasteiger partial charge >= 0.3 is 0 Å². The summed E-state index contributed by atoms with van der Waals surface area (Å²) in [6.07, 6.45) is 0.248. The predicted octanol–water partition coefficient (Wildman–Crippen LogP) is 2.08. The number of carbonyl (C=O) groups excluding carboxylic acids is 1. The van der Waals surface area contributed by atoms with Crippen LogP contribution in [0.1, 0.15) is 17.2 Å². The average molecular weight is 300 g/mol. The molecule has 1 aromatic rings. The maximum Gasteiger partial charge on any atom is 0.279 e. The molecule has 0 aromatic heterocycles. The van der Waals surface area contributed by atoms with Gasteiger partial charge in [-0.1, -0.05) is 28.1 Å². The van der Waals surface area contributed by atoms with Gasteiger partial charge in [-0.15, -0.1) is 0 Å². The molecule has 1 aliphatic rings. The molecule has 1 atom stereocenters. The van der Waals surface area contributed by atoms with Crippen LogP contribution in [0.2, 0.25) is 0 Å². The van der Waals surface area contributed by atoms with Crippen molar-refractivity contribution in [1.82, 2.24) is 5.06 Å². The lowest BCUT2D eigenvalue weighted by molar-refractivity contribution is -0.182. The Labute approximate surface area is 109 Å². The largest absolute Gasteiger partial charge is 0.363 e. The van der Waals surface area contributed by atoms with Gasteiger partial charge in [0.05, 0.1) is 13.7 Å². The van der Waals surface area contributed by atoms with E-state index in [0.717, 1.165) is 22.0 Å². The summed E-state index contributed by atoms with van der Waals surface area (Å²) < 4.78 is 6.58. The fourth-order valence-electron chi connectivity index (χ4n) is 1.91. The van der Waals surface area contributed by atoms with Gasteiger partial charge in [0.2, 0.25) is 0 Å². The number of benzene rings is 1. The number of carbonyl (C=O) groups is 1. The number of hydrogen-bond donors (Lipinski definition) is 0. The van der Waals surface area contributed by atoms with E-state index in [2.05, 4.69) is 15.9 Å². The van der Waals surface area contributed by atoms with Crippen molar-refractivity contribution < 1.29 is 14.4 Å². The Kier molecular flexibility index (Phi) is 3.81. The normalized spacial score (nSPS) is 18.6. The predicted molar refractivity (Wildman–Crippen MR) is 66.3 cm³/mol. The van der Waals surface area contributed by atoms with Gasteiger partial charge in [-0.05, 0) is 23.6 Å². The maximum absolute atomic E-state index is 12.1. The molecule has 1 heterocycles. The minimum absolute atomic E-state index is 0.188. The zero-order chi connectivity index (χ0) is 12.4. The minimum Gasteiger partial charge on any atom is -0.363 e. The van der Waals surface area contributed by atoms with Crippen LogP contribution in [0, 0.1) is 0 Å². The first kappa shape index (κ1) is 12.5. The number of hydroxylamine groups is 2. The molecule has 1 aromatic carbocycles. The van der Waals surface area contributed by atoms with E-state index in [1.54, 1.807) is 7.05 Å². The van der Waals surface area contributed by atoms with Gasteiger partial charge in [-0.2, -0.15) is 0 Å². The van der Waals surface area contributed by atoms with Crippen molar-refractivity contribution in [2.75, 3.05) is 20.8 Å². The molecule has 2 rings (SSSR count). The molecular formula is C12H14BrNO3. The summed E-state index contributed by atoms with van der Waals surface area (Å²) in [7, 11) is 3.04. The first-order valence-corrected chi connectivity index (χ1v) is 6.15. The first-order valence-electron chi connectivity index (χ1n) is 5.35. The number of ether oxygens (including phenoxy) is 1. The van der Waals surface area contributed by atoms with Crippen molar-refractivity contribution in [3.63, 3.8) is 0 Å². The SMILES string of the molecule is CON(C)C(=O)[C@H]1OCCc2c(Br)cccc21. The maximum atomic E-state index is 12.1. The van der Waals surface area contributed by atoms with Gasteiger partial charge in [0.25, 0.3) is 5.91 Å². The summed E-state index contributed by atoms with van der Waals surface area (Å²) in [5.41, 5.74) is 2.06. The van der Waals surface area contributed by atoms with Crippen LogP contribution in [-0.4, -0.2) is 31.7 Å². The fraction of sp³-hybridized carbons (Fsp3) is 0.417. The molecule has 0 bridgehead atoms. The number of halogens is 1. The molecule has 0 radical (unpaired) electrons. The van der Waals surface area contributed by atoms with Gasteiger partial charge in [0.1, 0.15) is 0 Å². The van der Waals surface area contributed by atoms with Crippen molar-refractivity contribution in [2.24, 2.45) is 0 Å². The lowest BCUT2D eigenvalue weighted by Gasteiger charge is -2.28. The van der Waals surface area contributed by atoms with Gasteiger partial charge < -0.3 is 4.74 Å². The van der Waals surface area contributed by atoms with Crippen LogP contribution in [0.5, 0.6) is 0 Å². The van der Waals surface area contributed by atoms with Crippen LogP contribution < -0.4 is 0 Å². The summed E-state index contributed by atoms with van der Waals surface area (Å²) in [5.74, 6) is -0.188. The zero-order valence-electron chi connectivity index (χ0n) is 9.77. The van der Waals surface area contributed by atoms with Crippen molar-refractivity contribution in [3.05, 3.63) is 33.8 Å². The molecule has 1 amide bonds. The Morgan fingerprint density at radius 3 is 3.06 bits per heavy atom. The van der Waals surface area contributed by atoms with Crippen molar-refractivity contribution in [2.45, 2.75) is 12.5 Å². The molecule has 1 aliphatic heterocycles. The molecule has 0 saturated carbocycles. The van der Waals surface area contributed by atoms with E-state index >= 15 is 0 Å².